The molecule has 0 saturated carbocycles. The number of hydrogen-bond donors (Lipinski definition) is 2. The Morgan fingerprint density at radius 3 is 2.68 bits per heavy atom. The van der Waals surface area contributed by atoms with Crippen LogP contribution in [0, 0.1) is 6.92 Å². The molecule has 1 atom stereocenters. The van der Waals surface area contributed by atoms with Crippen molar-refractivity contribution in [2.75, 3.05) is 26.8 Å². The maximum absolute atomic E-state index is 11.9. The van der Waals surface area contributed by atoms with Crippen LogP contribution in [0.1, 0.15) is 53.6 Å². The summed E-state index contributed by atoms with van der Waals surface area (Å²) in [6.07, 6.45) is 0.213. The normalized spacial score (nSPS) is 12.4. The van der Waals surface area contributed by atoms with Gasteiger partial charge in [-0.3, -0.25) is 9.79 Å². The van der Waals surface area contributed by atoms with Crippen molar-refractivity contribution in [2.24, 2.45) is 4.99 Å². The molecule has 0 aliphatic carbocycles. The smallest absolute Gasteiger partial charge is 0.350 e. The van der Waals surface area contributed by atoms with Gasteiger partial charge < -0.3 is 20.1 Å². The van der Waals surface area contributed by atoms with Gasteiger partial charge in [0.05, 0.1) is 38.4 Å². The zero-order chi connectivity index (χ0) is 18.8. The SMILES string of the molecule is CCNC(=NCCC(=O)OC)NC(C)c1nc(C)c(C(=O)OCC)s1. The lowest BCUT2D eigenvalue weighted by Crippen LogP contribution is -2.38. The lowest BCUT2D eigenvalue weighted by Gasteiger charge is -2.15. The van der Waals surface area contributed by atoms with Crippen molar-refractivity contribution in [1.29, 1.82) is 0 Å². The number of esters is 2. The number of carbonyl (C=O) groups excluding carboxylic acids is 2. The van der Waals surface area contributed by atoms with Gasteiger partial charge in [-0.15, -0.1) is 11.3 Å². The fraction of sp³-hybridized carbons (Fsp3) is 0.625. The summed E-state index contributed by atoms with van der Waals surface area (Å²) in [4.78, 5) is 32.4. The van der Waals surface area contributed by atoms with E-state index in [0.29, 0.717) is 36.2 Å². The molecule has 0 aliphatic rings. The van der Waals surface area contributed by atoms with Gasteiger partial charge in [-0.1, -0.05) is 0 Å². The second-order valence-electron chi connectivity index (χ2n) is 5.14. The fourth-order valence-electron chi connectivity index (χ4n) is 1.94. The second kappa shape index (κ2) is 10.7. The van der Waals surface area contributed by atoms with Gasteiger partial charge in [0.2, 0.25) is 0 Å². The van der Waals surface area contributed by atoms with Gasteiger partial charge >= 0.3 is 11.9 Å². The summed E-state index contributed by atoms with van der Waals surface area (Å²) in [7, 11) is 1.35. The largest absolute Gasteiger partial charge is 0.469 e. The standard InChI is InChI=1S/C16H26N4O4S/c1-6-17-16(18-9-8-12(21)23-5)20-11(4)14-19-10(3)13(25-14)15(22)24-7-2/h11H,6-9H2,1-5H3,(H2,17,18,20). The molecule has 1 rings (SSSR count). The van der Waals surface area contributed by atoms with Crippen LogP contribution < -0.4 is 10.6 Å². The monoisotopic (exact) mass is 370 g/mol. The van der Waals surface area contributed by atoms with Crippen molar-refractivity contribution < 1.29 is 19.1 Å². The van der Waals surface area contributed by atoms with Gasteiger partial charge in [0.15, 0.2) is 5.96 Å². The molecule has 140 valence electrons. The van der Waals surface area contributed by atoms with Gasteiger partial charge in [-0.05, 0) is 27.7 Å². The molecule has 1 aromatic heterocycles. The molecule has 0 bridgehead atoms. The Labute approximate surface area is 152 Å². The highest BCUT2D eigenvalue weighted by atomic mass is 32.1. The number of thiazole rings is 1. The summed E-state index contributed by atoms with van der Waals surface area (Å²) in [6, 6.07) is -0.150. The number of hydrogen-bond acceptors (Lipinski definition) is 7. The Balaban J connectivity index is 2.78. The van der Waals surface area contributed by atoms with E-state index in [1.54, 1.807) is 13.8 Å². The molecular formula is C16H26N4O4S. The van der Waals surface area contributed by atoms with E-state index in [9.17, 15) is 9.59 Å². The van der Waals surface area contributed by atoms with Crippen molar-refractivity contribution in [1.82, 2.24) is 15.6 Å². The third-order valence-electron chi connectivity index (χ3n) is 3.16. The maximum Gasteiger partial charge on any atom is 0.350 e. The molecule has 0 radical (unpaired) electrons. The number of aliphatic imine (C=N–C) groups is 1. The quantitative estimate of drug-likeness (QED) is 0.409. The Hall–Kier alpha value is -2.16. The lowest BCUT2D eigenvalue weighted by molar-refractivity contribution is -0.140. The summed E-state index contributed by atoms with van der Waals surface area (Å²) in [5, 5.41) is 7.09. The lowest BCUT2D eigenvalue weighted by atomic mass is 10.3. The van der Waals surface area contributed by atoms with Crippen LogP contribution in [0.5, 0.6) is 0 Å². The van der Waals surface area contributed by atoms with E-state index < -0.39 is 0 Å². The third kappa shape index (κ3) is 6.69. The molecule has 0 amide bonds. The Morgan fingerprint density at radius 1 is 1.36 bits per heavy atom. The second-order valence-corrected chi connectivity index (χ2v) is 6.17. The van der Waals surface area contributed by atoms with Gasteiger partial charge in [0.25, 0.3) is 0 Å². The predicted molar refractivity (Wildman–Crippen MR) is 97.0 cm³/mol. The zero-order valence-electron chi connectivity index (χ0n) is 15.3. The first kappa shape index (κ1) is 20.9. The van der Waals surface area contributed by atoms with Crippen LogP contribution in [0.15, 0.2) is 4.99 Å². The highest BCUT2D eigenvalue weighted by Crippen LogP contribution is 2.24. The summed E-state index contributed by atoms with van der Waals surface area (Å²) in [6.45, 7) is 8.77. The highest BCUT2D eigenvalue weighted by Gasteiger charge is 2.20. The predicted octanol–water partition coefficient (Wildman–Crippen LogP) is 1.81. The van der Waals surface area contributed by atoms with E-state index in [-0.39, 0.29) is 24.4 Å². The molecule has 1 aromatic rings. The van der Waals surface area contributed by atoms with E-state index in [4.69, 9.17) is 4.74 Å². The molecule has 0 saturated heterocycles. The number of rotatable bonds is 8. The minimum Gasteiger partial charge on any atom is -0.469 e. The molecule has 0 aliphatic heterocycles. The van der Waals surface area contributed by atoms with Crippen molar-refractivity contribution in [2.45, 2.75) is 40.2 Å². The molecular weight excluding hydrogens is 344 g/mol. The number of methoxy groups -OCH3 is 1. The van der Waals surface area contributed by atoms with Gasteiger partial charge in [-0.25, -0.2) is 9.78 Å². The summed E-state index contributed by atoms with van der Waals surface area (Å²) >= 11 is 1.30. The molecule has 0 aromatic carbocycles. The number of nitrogens with zero attached hydrogens (tertiary/aromatic N) is 2. The van der Waals surface area contributed by atoms with Crippen molar-refractivity contribution >= 4 is 29.2 Å². The summed E-state index contributed by atoms with van der Waals surface area (Å²) < 4.78 is 9.64. The maximum atomic E-state index is 11.9. The summed E-state index contributed by atoms with van der Waals surface area (Å²) in [5.74, 6) is -0.0821. The Morgan fingerprint density at radius 2 is 2.08 bits per heavy atom. The molecule has 2 N–H and O–H groups in total. The van der Waals surface area contributed by atoms with Crippen LogP contribution in [0.3, 0.4) is 0 Å². The topological polar surface area (TPSA) is 102 Å². The first-order valence-corrected chi connectivity index (χ1v) is 9.00. The van der Waals surface area contributed by atoms with Crippen LogP contribution in [0.25, 0.3) is 0 Å². The van der Waals surface area contributed by atoms with Crippen LogP contribution in [-0.4, -0.2) is 49.7 Å². The van der Waals surface area contributed by atoms with E-state index in [2.05, 4.69) is 25.3 Å². The number of aryl methyl sites for hydroxylation is 1. The number of aromatic nitrogens is 1. The fourth-order valence-corrected chi connectivity index (χ4v) is 2.90. The van der Waals surface area contributed by atoms with Crippen molar-refractivity contribution in [3.63, 3.8) is 0 Å². The van der Waals surface area contributed by atoms with Gasteiger partial charge in [0, 0.05) is 6.54 Å². The number of carbonyl (C=O) groups is 2. The van der Waals surface area contributed by atoms with Gasteiger partial charge in [-0.2, -0.15) is 0 Å². The van der Waals surface area contributed by atoms with Crippen molar-refractivity contribution in [3.05, 3.63) is 15.6 Å². The van der Waals surface area contributed by atoms with Crippen LogP contribution in [-0.2, 0) is 14.3 Å². The number of ether oxygens (including phenoxy) is 2. The average molecular weight is 370 g/mol. The average Bonchev–Trinajstić information content (AvgIpc) is 2.97. The molecule has 25 heavy (non-hydrogen) atoms. The van der Waals surface area contributed by atoms with Crippen molar-refractivity contribution in [3.8, 4) is 0 Å². The Bertz CT molecular complexity index is 615. The molecule has 0 fully saturated rings. The van der Waals surface area contributed by atoms with Crippen LogP contribution >= 0.6 is 11.3 Å². The van der Waals surface area contributed by atoms with Crippen LogP contribution in [0.4, 0.5) is 0 Å². The summed E-state index contributed by atoms with van der Waals surface area (Å²) in [5.41, 5.74) is 0.653. The van der Waals surface area contributed by atoms with E-state index in [1.807, 2.05) is 13.8 Å². The zero-order valence-corrected chi connectivity index (χ0v) is 16.2. The molecule has 9 heteroatoms. The molecule has 0 spiro atoms. The van der Waals surface area contributed by atoms with E-state index >= 15 is 0 Å². The molecule has 8 nitrogen and oxygen atoms in total. The van der Waals surface area contributed by atoms with Gasteiger partial charge in [0.1, 0.15) is 9.88 Å². The Kier molecular flexibility index (Phi) is 8.90. The molecule has 1 unspecified atom stereocenters. The minimum absolute atomic E-state index is 0.150. The molecule has 1 heterocycles. The third-order valence-corrected chi connectivity index (χ3v) is 4.48. The van der Waals surface area contributed by atoms with E-state index in [0.717, 1.165) is 5.01 Å². The first-order valence-electron chi connectivity index (χ1n) is 8.18. The first-order chi connectivity index (χ1) is 11.9. The minimum atomic E-state index is -0.352. The number of nitrogens with one attached hydrogen (secondary N) is 2. The van der Waals surface area contributed by atoms with Crippen LogP contribution in [0.2, 0.25) is 0 Å². The highest BCUT2D eigenvalue weighted by molar-refractivity contribution is 7.13. The number of guanidine groups is 1. The van der Waals surface area contributed by atoms with E-state index in [1.165, 1.54) is 18.4 Å².